The van der Waals surface area contributed by atoms with Gasteiger partial charge in [0.15, 0.2) is 0 Å². The second-order valence-electron chi connectivity index (χ2n) is 4.53. The minimum Gasteiger partial charge on any atom is -0.313 e. The van der Waals surface area contributed by atoms with E-state index in [1.165, 1.54) is 37.1 Å². The van der Waals surface area contributed by atoms with Crippen LogP contribution < -0.4 is 10.6 Å². The van der Waals surface area contributed by atoms with Gasteiger partial charge in [-0.1, -0.05) is 19.4 Å². The van der Waals surface area contributed by atoms with Gasteiger partial charge in [-0.05, 0) is 37.3 Å². The molecule has 0 amide bonds. The molecule has 0 bridgehead atoms. The molecular weight excluding hydrogens is 216 g/mol. The average Bonchev–Trinajstić information content (AvgIpc) is 2.85. The van der Waals surface area contributed by atoms with E-state index >= 15 is 0 Å². The summed E-state index contributed by atoms with van der Waals surface area (Å²) in [6.45, 7) is 4.56. The first-order valence-electron chi connectivity index (χ1n) is 6.40. The van der Waals surface area contributed by atoms with E-state index in [2.05, 4.69) is 35.1 Å². The highest BCUT2D eigenvalue weighted by Gasteiger charge is 2.15. The third-order valence-corrected chi connectivity index (χ3v) is 4.30. The summed E-state index contributed by atoms with van der Waals surface area (Å²) in [6, 6.07) is 5.61. The van der Waals surface area contributed by atoms with Gasteiger partial charge in [-0.2, -0.15) is 0 Å². The van der Waals surface area contributed by atoms with Crippen LogP contribution in [-0.2, 0) is 0 Å². The SMILES string of the molecule is CCC(NCC1CCCCN1)c1cccs1. The summed E-state index contributed by atoms with van der Waals surface area (Å²) >= 11 is 1.86. The summed E-state index contributed by atoms with van der Waals surface area (Å²) in [5, 5.41) is 9.44. The lowest BCUT2D eigenvalue weighted by molar-refractivity contribution is 0.365. The molecule has 3 heteroatoms. The number of rotatable bonds is 5. The van der Waals surface area contributed by atoms with E-state index in [9.17, 15) is 0 Å². The normalized spacial score (nSPS) is 23.2. The number of thiophene rings is 1. The predicted octanol–water partition coefficient (Wildman–Crippen LogP) is 2.93. The van der Waals surface area contributed by atoms with Gasteiger partial charge in [-0.3, -0.25) is 0 Å². The smallest absolute Gasteiger partial charge is 0.0412 e. The Balaban J connectivity index is 1.78. The Morgan fingerprint density at radius 3 is 3.12 bits per heavy atom. The van der Waals surface area contributed by atoms with Crippen LogP contribution >= 0.6 is 11.3 Å². The largest absolute Gasteiger partial charge is 0.313 e. The molecular formula is C13H22N2S. The molecule has 2 nitrogen and oxygen atoms in total. The molecule has 2 N–H and O–H groups in total. The summed E-state index contributed by atoms with van der Waals surface area (Å²) in [6.07, 6.45) is 5.23. The number of nitrogens with one attached hydrogen (secondary N) is 2. The molecule has 1 aromatic heterocycles. The molecule has 1 aromatic rings. The molecule has 0 aliphatic carbocycles. The third kappa shape index (κ3) is 3.30. The lowest BCUT2D eigenvalue weighted by Crippen LogP contribution is -2.42. The molecule has 2 heterocycles. The predicted molar refractivity (Wildman–Crippen MR) is 71.0 cm³/mol. The van der Waals surface area contributed by atoms with Crippen molar-refractivity contribution < 1.29 is 0 Å². The Labute approximate surface area is 102 Å². The zero-order valence-corrected chi connectivity index (χ0v) is 10.9. The molecule has 2 atom stereocenters. The summed E-state index contributed by atoms with van der Waals surface area (Å²) in [7, 11) is 0. The van der Waals surface area contributed by atoms with Crippen molar-refractivity contribution >= 4 is 11.3 Å². The molecule has 0 spiro atoms. The van der Waals surface area contributed by atoms with E-state index in [1.807, 2.05) is 11.3 Å². The van der Waals surface area contributed by atoms with Crippen molar-refractivity contribution in [3.8, 4) is 0 Å². The quantitative estimate of drug-likeness (QED) is 0.824. The summed E-state index contributed by atoms with van der Waals surface area (Å²) in [5.74, 6) is 0. The first-order valence-corrected chi connectivity index (χ1v) is 7.28. The topological polar surface area (TPSA) is 24.1 Å². The fourth-order valence-corrected chi connectivity index (χ4v) is 3.20. The first kappa shape index (κ1) is 12.1. The lowest BCUT2D eigenvalue weighted by Gasteiger charge is -2.26. The van der Waals surface area contributed by atoms with Gasteiger partial charge in [0.05, 0.1) is 0 Å². The highest BCUT2D eigenvalue weighted by atomic mass is 32.1. The summed E-state index contributed by atoms with van der Waals surface area (Å²) in [5.41, 5.74) is 0. The van der Waals surface area contributed by atoms with Gasteiger partial charge in [0, 0.05) is 23.5 Å². The number of piperidine rings is 1. The molecule has 2 rings (SSSR count). The highest BCUT2D eigenvalue weighted by molar-refractivity contribution is 7.10. The van der Waals surface area contributed by atoms with Gasteiger partial charge in [0.25, 0.3) is 0 Å². The van der Waals surface area contributed by atoms with Gasteiger partial charge in [0.2, 0.25) is 0 Å². The van der Waals surface area contributed by atoms with Gasteiger partial charge < -0.3 is 10.6 Å². The zero-order valence-electron chi connectivity index (χ0n) is 10.0. The fraction of sp³-hybridized carbons (Fsp3) is 0.692. The van der Waals surface area contributed by atoms with Crippen molar-refractivity contribution in [2.45, 2.75) is 44.7 Å². The molecule has 1 saturated heterocycles. The van der Waals surface area contributed by atoms with E-state index in [-0.39, 0.29) is 0 Å². The maximum Gasteiger partial charge on any atom is 0.0412 e. The van der Waals surface area contributed by atoms with Crippen molar-refractivity contribution in [3.05, 3.63) is 22.4 Å². The average molecular weight is 238 g/mol. The van der Waals surface area contributed by atoms with Crippen LogP contribution in [0.1, 0.15) is 43.5 Å². The molecule has 1 aliphatic heterocycles. The maximum absolute atomic E-state index is 3.69. The summed E-state index contributed by atoms with van der Waals surface area (Å²) in [4.78, 5) is 1.47. The Hall–Kier alpha value is -0.380. The fourth-order valence-electron chi connectivity index (χ4n) is 2.32. The van der Waals surface area contributed by atoms with Crippen LogP contribution in [0.25, 0.3) is 0 Å². The Bertz CT molecular complexity index is 278. The number of hydrogen-bond acceptors (Lipinski definition) is 3. The molecule has 1 aliphatic rings. The van der Waals surface area contributed by atoms with E-state index < -0.39 is 0 Å². The van der Waals surface area contributed by atoms with E-state index in [4.69, 9.17) is 0 Å². The Kier molecular flexibility index (Phi) is 4.82. The van der Waals surface area contributed by atoms with Crippen molar-refractivity contribution in [1.82, 2.24) is 10.6 Å². The molecule has 16 heavy (non-hydrogen) atoms. The lowest BCUT2D eigenvalue weighted by atomic mass is 10.0. The van der Waals surface area contributed by atoms with Crippen LogP contribution in [0.2, 0.25) is 0 Å². The van der Waals surface area contributed by atoms with Crippen LogP contribution in [0.5, 0.6) is 0 Å². The summed E-state index contributed by atoms with van der Waals surface area (Å²) < 4.78 is 0. The van der Waals surface area contributed by atoms with Crippen molar-refractivity contribution in [1.29, 1.82) is 0 Å². The molecule has 0 aromatic carbocycles. The monoisotopic (exact) mass is 238 g/mol. The van der Waals surface area contributed by atoms with E-state index in [0.717, 1.165) is 6.54 Å². The highest BCUT2D eigenvalue weighted by Crippen LogP contribution is 2.21. The molecule has 2 unspecified atom stereocenters. The molecule has 90 valence electrons. The maximum atomic E-state index is 3.69. The first-order chi connectivity index (χ1) is 7.90. The Morgan fingerprint density at radius 2 is 2.50 bits per heavy atom. The minimum absolute atomic E-state index is 0.545. The van der Waals surface area contributed by atoms with Crippen LogP contribution in [0, 0.1) is 0 Å². The molecule has 1 fully saturated rings. The second kappa shape index (κ2) is 6.38. The van der Waals surface area contributed by atoms with Gasteiger partial charge >= 0.3 is 0 Å². The van der Waals surface area contributed by atoms with Gasteiger partial charge in [-0.15, -0.1) is 11.3 Å². The van der Waals surface area contributed by atoms with Crippen molar-refractivity contribution in [3.63, 3.8) is 0 Å². The van der Waals surface area contributed by atoms with Crippen molar-refractivity contribution in [2.75, 3.05) is 13.1 Å². The minimum atomic E-state index is 0.545. The molecule has 0 radical (unpaired) electrons. The van der Waals surface area contributed by atoms with Gasteiger partial charge in [0.1, 0.15) is 0 Å². The van der Waals surface area contributed by atoms with Crippen LogP contribution in [0.4, 0.5) is 0 Å². The van der Waals surface area contributed by atoms with E-state index in [0.29, 0.717) is 12.1 Å². The van der Waals surface area contributed by atoms with Crippen LogP contribution in [0.15, 0.2) is 17.5 Å². The van der Waals surface area contributed by atoms with Crippen LogP contribution in [-0.4, -0.2) is 19.1 Å². The van der Waals surface area contributed by atoms with E-state index in [1.54, 1.807) is 0 Å². The molecule has 0 saturated carbocycles. The standard InChI is InChI=1S/C13H22N2S/c1-2-12(13-7-5-9-16-13)15-10-11-6-3-4-8-14-11/h5,7,9,11-12,14-15H,2-4,6,8,10H2,1H3. The zero-order chi connectivity index (χ0) is 11.2. The Morgan fingerprint density at radius 1 is 1.56 bits per heavy atom. The third-order valence-electron chi connectivity index (χ3n) is 3.32. The van der Waals surface area contributed by atoms with Crippen molar-refractivity contribution in [2.24, 2.45) is 0 Å². The van der Waals surface area contributed by atoms with Gasteiger partial charge in [-0.25, -0.2) is 0 Å². The van der Waals surface area contributed by atoms with Crippen LogP contribution in [0.3, 0.4) is 0 Å². The number of hydrogen-bond donors (Lipinski definition) is 2. The second-order valence-corrected chi connectivity index (χ2v) is 5.51.